The Balaban J connectivity index is 2.28. The number of aromatic nitrogens is 2. The largest absolute Gasteiger partial charge is 0.437 e. The zero-order chi connectivity index (χ0) is 13.8. The molecule has 0 bridgehead atoms. The summed E-state index contributed by atoms with van der Waals surface area (Å²) in [5.74, 6) is 2.07. The van der Waals surface area contributed by atoms with E-state index < -0.39 is 0 Å². The summed E-state index contributed by atoms with van der Waals surface area (Å²) >= 11 is 5.68. The molecule has 1 aromatic carbocycles. The van der Waals surface area contributed by atoms with Gasteiger partial charge in [-0.25, -0.2) is 4.98 Å². The van der Waals surface area contributed by atoms with Gasteiger partial charge in [0.25, 0.3) is 0 Å². The molecule has 0 saturated carbocycles. The lowest BCUT2D eigenvalue weighted by molar-refractivity contribution is 0.451. The fourth-order valence-electron chi connectivity index (χ4n) is 1.78. The van der Waals surface area contributed by atoms with Crippen molar-refractivity contribution in [2.75, 3.05) is 0 Å². The van der Waals surface area contributed by atoms with Crippen LogP contribution in [-0.2, 0) is 5.88 Å². The van der Waals surface area contributed by atoms with Gasteiger partial charge < -0.3 is 4.74 Å². The van der Waals surface area contributed by atoms with Crippen LogP contribution in [0.5, 0.6) is 11.6 Å². The Morgan fingerprint density at radius 3 is 2.58 bits per heavy atom. The molecule has 0 N–H and O–H groups in total. The molecule has 0 fully saturated rings. The summed E-state index contributed by atoms with van der Waals surface area (Å²) in [4.78, 5) is 8.38. The predicted octanol–water partition coefficient (Wildman–Crippen LogP) is 4.44. The van der Waals surface area contributed by atoms with Crippen LogP contribution in [0.3, 0.4) is 0 Å². The van der Waals surface area contributed by atoms with Gasteiger partial charge in [-0.15, -0.1) is 11.6 Å². The number of aryl methyl sites for hydroxylation is 1. The summed E-state index contributed by atoms with van der Waals surface area (Å²) in [6, 6.07) is 6.20. The van der Waals surface area contributed by atoms with Crippen molar-refractivity contribution in [1.29, 1.82) is 0 Å². The van der Waals surface area contributed by atoms with Crippen LogP contribution in [0, 0.1) is 6.92 Å². The van der Waals surface area contributed by atoms with Crippen LogP contribution >= 0.6 is 11.6 Å². The smallest absolute Gasteiger partial charge is 0.237 e. The van der Waals surface area contributed by atoms with Crippen LogP contribution in [0.1, 0.15) is 36.6 Å². The predicted molar refractivity (Wildman–Crippen MR) is 76.9 cm³/mol. The highest BCUT2D eigenvalue weighted by Gasteiger charge is 2.10. The van der Waals surface area contributed by atoms with Crippen molar-refractivity contribution in [3.63, 3.8) is 0 Å². The summed E-state index contributed by atoms with van der Waals surface area (Å²) in [5.41, 5.74) is 3.06. The van der Waals surface area contributed by atoms with Crippen molar-refractivity contribution in [2.45, 2.75) is 32.6 Å². The van der Waals surface area contributed by atoms with Gasteiger partial charge in [0.1, 0.15) is 5.75 Å². The van der Waals surface area contributed by atoms with Crippen LogP contribution < -0.4 is 4.74 Å². The van der Waals surface area contributed by atoms with E-state index in [-0.39, 0.29) is 0 Å². The lowest BCUT2D eigenvalue weighted by Crippen LogP contribution is -1.97. The first kappa shape index (κ1) is 13.8. The molecule has 0 atom stereocenters. The van der Waals surface area contributed by atoms with E-state index in [0.29, 0.717) is 17.7 Å². The molecule has 0 aliphatic carbocycles. The average molecular weight is 277 g/mol. The Kier molecular flexibility index (Phi) is 4.38. The molecule has 4 heteroatoms. The van der Waals surface area contributed by atoms with E-state index in [1.807, 2.05) is 13.0 Å². The maximum Gasteiger partial charge on any atom is 0.237 e. The van der Waals surface area contributed by atoms with Gasteiger partial charge in [0.2, 0.25) is 5.88 Å². The second kappa shape index (κ2) is 6.02. The highest BCUT2D eigenvalue weighted by atomic mass is 35.5. The first-order valence-corrected chi connectivity index (χ1v) is 6.79. The van der Waals surface area contributed by atoms with E-state index in [1.54, 1.807) is 12.4 Å². The molecule has 2 aromatic rings. The zero-order valence-corrected chi connectivity index (χ0v) is 12.1. The van der Waals surface area contributed by atoms with Crippen molar-refractivity contribution >= 4 is 11.6 Å². The van der Waals surface area contributed by atoms with Gasteiger partial charge in [0, 0.05) is 0 Å². The van der Waals surface area contributed by atoms with Gasteiger partial charge in [0.05, 0.1) is 24.0 Å². The van der Waals surface area contributed by atoms with Crippen LogP contribution in [-0.4, -0.2) is 9.97 Å². The number of hydrogen-bond acceptors (Lipinski definition) is 3. The Bertz CT molecular complexity index is 553. The Labute approximate surface area is 118 Å². The number of nitrogens with zero attached hydrogens (tertiary/aromatic N) is 2. The summed E-state index contributed by atoms with van der Waals surface area (Å²) < 4.78 is 5.83. The number of hydrogen-bond donors (Lipinski definition) is 0. The minimum atomic E-state index is 0.356. The van der Waals surface area contributed by atoms with Crippen molar-refractivity contribution in [3.05, 3.63) is 47.4 Å². The second-order valence-corrected chi connectivity index (χ2v) is 5.04. The Hall–Kier alpha value is -1.61. The van der Waals surface area contributed by atoms with Gasteiger partial charge in [-0.3, -0.25) is 4.98 Å². The standard InChI is InChI=1S/C15H17ClN2O/c1-10(2)13-5-4-11(3)6-14(13)19-15-9-17-12(7-16)8-18-15/h4-6,8-10H,7H2,1-3H3. The molecule has 0 aliphatic rings. The van der Waals surface area contributed by atoms with Crippen LogP contribution in [0.2, 0.25) is 0 Å². The lowest BCUT2D eigenvalue weighted by Gasteiger charge is -2.13. The van der Waals surface area contributed by atoms with Gasteiger partial charge in [-0.2, -0.15) is 0 Å². The number of halogens is 1. The summed E-state index contributed by atoms with van der Waals surface area (Å²) in [6.07, 6.45) is 3.23. The molecule has 19 heavy (non-hydrogen) atoms. The second-order valence-electron chi connectivity index (χ2n) is 4.78. The molecule has 0 amide bonds. The number of rotatable bonds is 4. The Morgan fingerprint density at radius 1 is 1.21 bits per heavy atom. The number of benzene rings is 1. The lowest BCUT2D eigenvalue weighted by atomic mass is 10.0. The van der Waals surface area contributed by atoms with Gasteiger partial charge in [-0.05, 0) is 30.0 Å². The molecule has 1 aromatic heterocycles. The van der Waals surface area contributed by atoms with Crippen molar-refractivity contribution in [1.82, 2.24) is 9.97 Å². The Morgan fingerprint density at radius 2 is 2.00 bits per heavy atom. The minimum Gasteiger partial charge on any atom is -0.437 e. The van der Waals surface area contributed by atoms with E-state index in [4.69, 9.17) is 16.3 Å². The minimum absolute atomic E-state index is 0.356. The molecular formula is C15H17ClN2O. The van der Waals surface area contributed by atoms with Crippen molar-refractivity contribution in [2.24, 2.45) is 0 Å². The molecular weight excluding hydrogens is 260 g/mol. The normalized spacial score (nSPS) is 10.8. The van der Waals surface area contributed by atoms with E-state index in [2.05, 4.69) is 35.9 Å². The van der Waals surface area contributed by atoms with Crippen molar-refractivity contribution in [3.8, 4) is 11.6 Å². The molecule has 0 unspecified atom stereocenters. The summed E-state index contributed by atoms with van der Waals surface area (Å²) in [6.45, 7) is 6.32. The topological polar surface area (TPSA) is 35.0 Å². The SMILES string of the molecule is Cc1ccc(C(C)C)c(Oc2cnc(CCl)cn2)c1. The molecule has 0 spiro atoms. The summed E-state index contributed by atoms with van der Waals surface area (Å²) in [7, 11) is 0. The molecule has 3 nitrogen and oxygen atoms in total. The summed E-state index contributed by atoms with van der Waals surface area (Å²) in [5, 5.41) is 0. The van der Waals surface area contributed by atoms with Crippen molar-refractivity contribution < 1.29 is 4.74 Å². The first-order valence-electron chi connectivity index (χ1n) is 6.25. The average Bonchev–Trinajstić information content (AvgIpc) is 2.39. The maximum absolute atomic E-state index is 5.83. The van der Waals surface area contributed by atoms with Crippen LogP contribution in [0.4, 0.5) is 0 Å². The third-order valence-corrected chi connectivity index (χ3v) is 3.10. The van der Waals surface area contributed by atoms with E-state index in [1.165, 1.54) is 0 Å². The van der Waals surface area contributed by atoms with Gasteiger partial charge >= 0.3 is 0 Å². The third kappa shape index (κ3) is 3.44. The van der Waals surface area contributed by atoms with Gasteiger partial charge in [0.15, 0.2) is 0 Å². The molecule has 2 rings (SSSR count). The van der Waals surface area contributed by atoms with E-state index >= 15 is 0 Å². The highest BCUT2D eigenvalue weighted by molar-refractivity contribution is 6.16. The zero-order valence-electron chi connectivity index (χ0n) is 11.4. The maximum atomic E-state index is 5.83. The van der Waals surface area contributed by atoms with Gasteiger partial charge in [-0.1, -0.05) is 26.0 Å². The monoisotopic (exact) mass is 276 g/mol. The quantitative estimate of drug-likeness (QED) is 0.775. The fourth-order valence-corrected chi connectivity index (χ4v) is 1.92. The molecule has 100 valence electrons. The highest BCUT2D eigenvalue weighted by Crippen LogP contribution is 2.30. The number of ether oxygens (including phenoxy) is 1. The molecule has 0 saturated heterocycles. The van der Waals surface area contributed by atoms with E-state index in [0.717, 1.165) is 22.6 Å². The molecule has 0 aliphatic heterocycles. The number of alkyl halides is 1. The molecule has 1 heterocycles. The van der Waals surface area contributed by atoms with E-state index in [9.17, 15) is 0 Å². The molecule has 0 radical (unpaired) electrons. The fraction of sp³-hybridized carbons (Fsp3) is 0.333. The van der Waals surface area contributed by atoms with Crippen LogP contribution in [0.25, 0.3) is 0 Å². The first-order chi connectivity index (χ1) is 9.10. The van der Waals surface area contributed by atoms with Crippen LogP contribution in [0.15, 0.2) is 30.6 Å². The third-order valence-electron chi connectivity index (χ3n) is 2.82.